The van der Waals surface area contributed by atoms with Crippen LogP contribution in [0.2, 0.25) is 0 Å². The maximum Gasteiger partial charge on any atom is 0.433 e. The van der Waals surface area contributed by atoms with E-state index < -0.39 is 11.9 Å². The molecule has 1 saturated carbocycles. The second-order valence-electron chi connectivity index (χ2n) is 4.42. The molecule has 0 aliphatic heterocycles. The highest BCUT2D eigenvalue weighted by Crippen LogP contribution is 2.30. The molecular weight excluding hydrogens is 229 g/mol. The first-order valence-corrected chi connectivity index (χ1v) is 5.84. The third kappa shape index (κ3) is 3.35. The lowest BCUT2D eigenvalue weighted by molar-refractivity contribution is -0.141. The van der Waals surface area contributed by atoms with E-state index in [9.17, 15) is 13.2 Å². The highest BCUT2D eigenvalue weighted by molar-refractivity contribution is 5.35. The van der Waals surface area contributed by atoms with Gasteiger partial charge in [-0.05, 0) is 24.5 Å². The van der Waals surface area contributed by atoms with Crippen LogP contribution in [0, 0.1) is 5.92 Å². The van der Waals surface area contributed by atoms with E-state index in [0.717, 1.165) is 18.4 Å². The molecule has 1 heterocycles. The Morgan fingerprint density at radius 3 is 2.65 bits per heavy atom. The van der Waals surface area contributed by atoms with Crippen LogP contribution in [-0.4, -0.2) is 11.5 Å². The zero-order valence-electron chi connectivity index (χ0n) is 9.43. The molecule has 0 bridgehead atoms. The van der Waals surface area contributed by atoms with Gasteiger partial charge in [-0.1, -0.05) is 25.3 Å². The zero-order valence-corrected chi connectivity index (χ0v) is 9.43. The highest BCUT2D eigenvalue weighted by Gasteiger charge is 2.32. The fraction of sp³-hybridized carbons (Fsp3) is 0.583. The Morgan fingerprint density at radius 1 is 1.29 bits per heavy atom. The van der Waals surface area contributed by atoms with Crippen LogP contribution in [-0.2, 0) is 6.18 Å². The van der Waals surface area contributed by atoms with Crippen LogP contribution in [0.4, 0.5) is 19.0 Å². The summed E-state index contributed by atoms with van der Waals surface area (Å²) in [4.78, 5) is 3.55. The summed E-state index contributed by atoms with van der Waals surface area (Å²) in [6.45, 7) is 0.693. The Hall–Kier alpha value is -1.26. The Balaban J connectivity index is 1.87. The van der Waals surface area contributed by atoms with Crippen molar-refractivity contribution in [1.82, 2.24) is 4.98 Å². The summed E-state index contributed by atoms with van der Waals surface area (Å²) in [7, 11) is 0. The SMILES string of the molecule is FC(F)(F)c1cccc(NCCC2CCC2)n1. The van der Waals surface area contributed by atoms with E-state index >= 15 is 0 Å². The molecule has 0 spiro atoms. The molecule has 0 unspecified atom stereocenters. The van der Waals surface area contributed by atoms with Crippen molar-refractivity contribution < 1.29 is 13.2 Å². The van der Waals surface area contributed by atoms with E-state index in [0.29, 0.717) is 12.4 Å². The van der Waals surface area contributed by atoms with Gasteiger partial charge in [0.15, 0.2) is 0 Å². The van der Waals surface area contributed by atoms with Gasteiger partial charge in [0, 0.05) is 6.54 Å². The summed E-state index contributed by atoms with van der Waals surface area (Å²) in [5, 5.41) is 2.95. The van der Waals surface area contributed by atoms with Gasteiger partial charge in [0.25, 0.3) is 0 Å². The average Bonchev–Trinajstić information content (AvgIpc) is 2.21. The van der Waals surface area contributed by atoms with E-state index in [4.69, 9.17) is 0 Å². The monoisotopic (exact) mass is 244 g/mol. The number of hydrogen-bond donors (Lipinski definition) is 1. The number of nitrogens with zero attached hydrogens (tertiary/aromatic N) is 1. The van der Waals surface area contributed by atoms with E-state index in [1.807, 2.05) is 0 Å². The number of rotatable bonds is 4. The number of aromatic nitrogens is 1. The topological polar surface area (TPSA) is 24.9 Å². The van der Waals surface area contributed by atoms with Crippen molar-refractivity contribution in [1.29, 1.82) is 0 Å². The Kier molecular flexibility index (Phi) is 3.54. The molecule has 0 aromatic carbocycles. The fourth-order valence-corrected chi connectivity index (χ4v) is 1.88. The van der Waals surface area contributed by atoms with Crippen molar-refractivity contribution in [3.63, 3.8) is 0 Å². The van der Waals surface area contributed by atoms with Crippen LogP contribution in [0.3, 0.4) is 0 Å². The predicted molar refractivity (Wildman–Crippen MR) is 59.7 cm³/mol. The number of hydrogen-bond acceptors (Lipinski definition) is 2. The van der Waals surface area contributed by atoms with E-state index in [1.165, 1.54) is 25.3 Å². The summed E-state index contributed by atoms with van der Waals surface area (Å²) in [6, 6.07) is 3.93. The first-order valence-electron chi connectivity index (χ1n) is 5.84. The molecule has 2 nitrogen and oxygen atoms in total. The Morgan fingerprint density at radius 2 is 2.06 bits per heavy atom. The fourth-order valence-electron chi connectivity index (χ4n) is 1.88. The molecule has 1 aromatic rings. The summed E-state index contributed by atoms with van der Waals surface area (Å²) in [5.74, 6) is 1.05. The number of halogens is 3. The van der Waals surface area contributed by atoms with Crippen LogP contribution in [0.15, 0.2) is 18.2 Å². The van der Waals surface area contributed by atoms with Crippen molar-refractivity contribution in [2.45, 2.75) is 31.9 Å². The summed E-state index contributed by atoms with van der Waals surface area (Å²) >= 11 is 0. The van der Waals surface area contributed by atoms with Gasteiger partial charge < -0.3 is 5.32 Å². The Labute approximate surface area is 98.2 Å². The second kappa shape index (κ2) is 4.94. The summed E-state index contributed by atoms with van der Waals surface area (Å²) in [5.41, 5.74) is -0.842. The molecule has 1 aliphatic carbocycles. The van der Waals surface area contributed by atoms with E-state index in [-0.39, 0.29) is 0 Å². The van der Waals surface area contributed by atoms with Crippen molar-refractivity contribution in [3.8, 4) is 0 Å². The van der Waals surface area contributed by atoms with Crippen molar-refractivity contribution in [3.05, 3.63) is 23.9 Å². The summed E-state index contributed by atoms with van der Waals surface area (Å²) in [6.07, 6.45) is 0.422. The number of nitrogens with one attached hydrogen (secondary N) is 1. The minimum Gasteiger partial charge on any atom is -0.370 e. The number of pyridine rings is 1. The quantitative estimate of drug-likeness (QED) is 0.873. The average molecular weight is 244 g/mol. The van der Waals surface area contributed by atoms with Gasteiger partial charge in [-0.3, -0.25) is 0 Å². The first-order chi connectivity index (χ1) is 8.05. The normalized spacial score (nSPS) is 16.6. The molecule has 0 saturated heterocycles. The number of alkyl halides is 3. The molecule has 5 heteroatoms. The minimum absolute atomic E-state index is 0.305. The van der Waals surface area contributed by atoms with Crippen LogP contribution in [0.5, 0.6) is 0 Å². The smallest absolute Gasteiger partial charge is 0.370 e. The summed E-state index contributed by atoms with van der Waals surface area (Å²) < 4.78 is 37.2. The molecule has 2 rings (SSSR count). The van der Waals surface area contributed by atoms with Crippen LogP contribution >= 0.6 is 0 Å². The predicted octanol–water partition coefficient (Wildman–Crippen LogP) is 3.70. The maximum atomic E-state index is 12.4. The van der Waals surface area contributed by atoms with Crippen LogP contribution in [0.1, 0.15) is 31.4 Å². The third-order valence-electron chi connectivity index (χ3n) is 3.12. The molecule has 0 amide bonds. The van der Waals surface area contributed by atoms with Crippen molar-refractivity contribution >= 4 is 5.82 Å². The molecule has 0 atom stereocenters. The largest absolute Gasteiger partial charge is 0.433 e. The highest BCUT2D eigenvalue weighted by atomic mass is 19.4. The lowest BCUT2D eigenvalue weighted by Crippen LogP contribution is -2.16. The van der Waals surface area contributed by atoms with Gasteiger partial charge in [0.1, 0.15) is 11.5 Å². The van der Waals surface area contributed by atoms with Crippen molar-refractivity contribution in [2.24, 2.45) is 5.92 Å². The van der Waals surface area contributed by atoms with Gasteiger partial charge in [-0.25, -0.2) is 4.98 Å². The lowest BCUT2D eigenvalue weighted by atomic mass is 9.83. The maximum absolute atomic E-state index is 12.4. The zero-order chi connectivity index (χ0) is 12.3. The molecule has 1 aliphatic rings. The Bertz CT molecular complexity index is 372. The second-order valence-corrected chi connectivity index (χ2v) is 4.42. The van der Waals surface area contributed by atoms with E-state index in [1.54, 1.807) is 6.07 Å². The van der Waals surface area contributed by atoms with Gasteiger partial charge in [-0.15, -0.1) is 0 Å². The van der Waals surface area contributed by atoms with Gasteiger partial charge in [-0.2, -0.15) is 13.2 Å². The van der Waals surface area contributed by atoms with E-state index in [2.05, 4.69) is 10.3 Å². The molecule has 1 N–H and O–H groups in total. The third-order valence-corrected chi connectivity index (χ3v) is 3.12. The minimum atomic E-state index is -4.37. The molecule has 94 valence electrons. The molecule has 1 aromatic heterocycles. The lowest BCUT2D eigenvalue weighted by Gasteiger charge is -2.25. The molecule has 17 heavy (non-hydrogen) atoms. The van der Waals surface area contributed by atoms with Gasteiger partial charge in [0.2, 0.25) is 0 Å². The van der Waals surface area contributed by atoms with Crippen LogP contribution in [0.25, 0.3) is 0 Å². The molecule has 0 radical (unpaired) electrons. The van der Waals surface area contributed by atoms with Gasteiger partial charge in [0.05, 0.1) is 0 Å². The van der Waals surface area contributed by atoms with Crippen molar-refractivity contribution in [2.75, 3.05) is 11.9 Å². The molecule has 1 fully saturated rings. The first kappa shape index (κ1) is 12.2. The van der Waals surface area contributed by atoms with Gasteiger partial charge >= 0.3 is 6.18 Å². The van der Waals surface area contributed by atoms with Crippen LogP contribution < -0.4 is 5.32 Å². The standard InChI is InChI=1S/C12H15F3N2/c13-12(14,15)10-5-2-6-11(17-10)16-8-7-9-3-1-4-9/h2,5-6,9H,1,3-4,7-8H2,(H,16,17). The molecular formula is C12H15F3N2. The number of anilines is 1.